The lowest BCUT2D eigenvalue weighted by atomic mass is 10.1. The molecule has 1 aromatic rings. The highest BCUT2D eigenvalue weighted by Crippen LogP contribution is 2.20. The summed E-state index contributed by atoms with van der Waals surface area (Å²) in [7, 11) is 7.51. The van der Waals surface area contributed by atoms with Gasteiger partial charge in [-0.2, -0.15) is 0 Å². The lowest BCUT2D eigenvalue weighted by molar-refractivity contribution is 0.0527. The molecule has 1 rings (SSSR count). The molecule has 0 bridgehead atoms. The van der Waals surface area contributed by atoms with Gasteiger partial charge in [-0.25, -0.2) is 4.79 Å². The Balaban J connectivity index is 2.40. The van der Waals surface area contributed by atoms with Crippen molar-refractivity contribution in [2.24, 2.45) is 4.99 Å². The summed E-state index contributed by atoms with van der Waals surface area (Å²) in [6, 6.07) is 8.27. The minimum Gasteiger partial charge on any atom is -0.497 e. The lowest BCUT2D eigenvalue weighted by Crippen LogP contribution is -2.42. The molecule has 1 atom stereocenters. The van der Waals surface area contributed by atoms with Gasteiger partial charge >= 0.3 is 6.09 Å². The van der Waals surface area contributed by atoms with Gasteiger partial charge in [0.25, 0.3) is 0 Å². The number of carbonyl (C=O) groups excluding carboxylic acids is 1. The van der Waals surface area contributed by atoms with Gasteiger partial charge in [-0.1, -0.05) is 12.1 Å². The van der Waals surface area contributed by atoms with Crippen molar-refractivity contribution in [3.05, 3.63) is 29.8 Å². The summed E-state index contributed by atoms with van der Waals surface area (Å²) in [4.78, 5) is 18.1. The second-order valence-corrected chi connectivity index (χ2v) is 7.91. The van der Waals surface area contributed by atoms with Crippen LogP contribution < -0.4 is 20.7 Å². The van der Waals surface area contributed by atoms with Gasteiger partial charge in [-0.15, -0.1) is 0 Å². The summed E-state index contributed by atoms with van der Waals surface area (Å²) in [5, 5.41) is 9.37. The third kappa shape index (κ3) is 10.0. The molecular weight excluding hydrogens is 370 g/mol. The van der Waals surface area contributed by atoms with E-state index in [0.717, 1.165) is 18.1 Å². The average molecular weight is 408 g/mol. The summed E-state index contributed by atoms with van der Waals surface area (Å²) >= 11 is 0. The molecule has 0 spiro atoms. The smallest absolute Gasteiger partial charge is 0.407 e. The third-order valence-electron chi connectivity index (χ3n) is 4.12. The molecule has 0 saturated heterocycles. The van der Waals surface area contributed by atoms with Crippen LogP contribution in [0.4, 0.5) is 4.79 Å². The normalized spacial score (nSPS) is 13.0. The molecule has 8 heteroatoms. The van der Waals surface area contributed by atoms with Crippen LogP contribution in [0.1, 0.15) is 38.8 Å². The lowest BCUT2D eigenvalue weighted by Gasteiger charge is -2.26. The average Bonchev–Trinajstić information content (AvgIpc) is 2.65. The number of hydrogen-bond donors (Lipinski definition) is 3. The number of nitrogens with one attached hydrogen (secondary N) is 3. The first kappa shape index (κ1) is 24.6. The summed E-state index contributed by atoms with van der Waals surface area (Å²) in [5.74, 6) is 1.57. The number of carbonyl (C=O) groups is 1. The molecule has 1 amide bonds. The van der Waals surface area contributed by atoms with Gasteiger partial charge in [0.05, 0.1) is 13.2 Å². The molecule has 1 unspecified atom stereocenters. The molecule has 164 valence electrons. The summed E-state index contributed by atoms with van der Waals surface area (Å²) in [5.41, 5.74) is 0.710. The van der Waals surface area contributed by atoms with E-state index in [1.54, 1.807) is 14.2 Å². The fourth-order valence-electron chi connectivity index (χ4n) is 2.64. The Kier molecular flexibility index (Phi) is 10.3. The molecule has 0 aliphatic carbocycles. The SMILES string of the molecule is CN=C(NCCCNC(=O)OC(C)(C)C)NCC(c1ccc(OC)cc1)N(C)C. The molecule has 0 saturated carbocycles. The number of likely N-dealkylation sites (N-methyl/N-ethyl adjacent to an activating group) is 1. The molecular formula is C21H37N5O3. The van der Waals surface area contributed by atoms with E-state index in [0.29, 0.717) is 19.6 Å². The molecule has 0 radical (unpaired) electrons. The highest BCUT2D eigenvalue weighted by atomic mass is 16.6. The zero-order chi connectivity index (χ0) is 21.9. The number of ether oxygens (including phenoxy) is 2. The van der Waals surface area contributed by atoms with Crippen LogP contribution in [0.3, 0.4) is 0 Å². The van der Waals surface area contributed by atoms with Crippen molar-refractivity contribution in [3.8, 4) is 5.75 Å². The Morgan fingerprint density at radius 1 is 1.10 bits per heavy atom. The second-order valence-electron chi connectivity index (χ2n) is 7.91. The van der Waals surface area contributed by atoms with Crippen LogP contribution in [0.25, 0.3) is 0 Å². The Hall–Kier alpha value is -2.48. The Labute approximate surface area is 175 Å². The molecule has 0 aromatic heterocycles. The minimum absolute atomic E-state index is 0.188. The number of rotatable bonds is 9. The van der Waals surface area contributed by atoms with E-state index in [2.05, 4.69) is 52.1 Å². The van der Waals surface area contributed by atoms with Gasteiger partial charge in [0.2, 0.25) is 0 Å². The van der Waals surface area contributed by atoms with E-state index >= 15 is 0 Å². The summed E-state index contributed by atoms with van der Waals surface area (Å²) in [6.07, 6.45) is 0.364. The predicted octanol–water partition coefficient (Wildman–Crippen LogP) is 2.38. The van der Waals surface area contributed by atoms with Crippen molar-refractivity contribution in [2.45, 2.75) is 38.8 Å². The number of guanidine groups is 1. The fraction of sp³-hybridized carbons (Fsp3) is 0.619. The predicted molar refractivity (Wildman–Crippen MR) is 118 cm³/mol. The van der Waals surface area contributed by atoms with E-state index in [1.165, 1.54) is 5.56 Å². The topological polar surface area (TPSA) is 87.2 Å². The minimum atomic E-state index is -0.485. The fourth-order valence-corrected chi connectivity index (χ4v) is 2.64. The van der Waals surface area contributed by atoms with E-state index in [1.807, 2.05) is 32.9 Å². The standard InChI is InChI=1S/C21H37N5O3/c1-21(2,3)29-20(27)24-14-8-13-23-19(22-4)25-15-18(26(5)6)16-9-11-17(28-7)12-10-16/h9-12,18H,8,13-15H2,1-7H3,(H,24,27)(H2,22,23,25). The molecule has 0 fully saturated rings. The summed E-state index contributed by atoms with van der Waals surface area (Å²) in [6.45, 7) is 7.45. The number of amides is 1. The third-order valence-corrected chi connectivity index (χ3v) is 4.12. The molecule has 1 aromatic carbocycles. The van der Waals surface area contributed by atoms with Gasteiger partial charge in [-0.3, -0.25) is 4.99 Å². The molecule has 29 heavy (non-hydrogen) atoms. The first-order valence-corrected chi connectivity index (χ1v) is 9.88. The van der Waals surface area contributed by atoms with Crippen LogP contribution in [0.15, 0.2) is 29.3 Å². The maximum atomic E-state index is 11.6. The Morgan fingerprint density at radius 2 is 1.72 bits per heavy atom. The van der Waals surface area contributed by atoms with E-state index in [4.69, 9.17) is 9.47 Å². The van der Waals surface area contributed by atoms with Gasteiger partial charge in [0, 0.05) is 26.7 Å². The number of hydrogen-bond acceptors (Lipinski definition) is 5. The van der Waals surface area contributed by atoms with Crippen LogP contribution in [0.2, 0.25) is 0 Å². The van der Waals surface area contributed by atoms with Gasteiger partial charge < -0.3 is 30.3 Å². The van der Waals surface area contributed by atoms with Crippen molar-refractivity contribution >= 4 is 12.1 Å². The zero-order valence-electron chi connectivity index (χ0n) is 18.8. The molecule has 0 heterocycles. The first-order chi connectivity index (χ1) is 13.7. The monoisotopic (exact) mass is 407 g/mol. The van der Waals surface area contributed by atoms with Crippen LogP contribution in [0, 0.1) is 0 Å². The van der Waals surface area contributed by atoms with Crippen LogP contribution >= 0.6 is 0 Å². The van der Waals surface area contributed by atoms with Crippen molar-refractivity contribution in [2.75, 3.05) is 47.9 Å². The zero-order valence-corrected chi connectivity index (χ0v) is 18.8. The quantitative estimate of drug-likeness (QED) is 0.331. The number of benzene rings is 1. The molecule has 0 aliphatic heterocycles. The number of nitrogens with zero attached hydrogens (tertiary/aromatic N) is 2. The summed E-state index contributed by atoms with van der Waals surface area (Å²) < 4.78 is 10.4. The van der Waals surface area contributed by atoms with Crippen LogP contribution in [0.5, 0.6) is 5.75 Å². The highest BCUT2D eigenvalue weighted by molar-refractivity contribution is 5.79. The van der Waals surface area contributed by atoms with Crippen molar-refractivity contribution in [1.29, 1.82) is 0 Å². The maximum absolute atomic E-state index is 11.6. The Bertz CT molecular complexity index is 639. The second kappa shape index (κ2) is 12.2. The van der Waals surface area contributed by atoms with Crippen LogP contribution in [-0.4, -0.2) is 70.4 Å². The van der Waals surface area contributed by atoms with E-state index in [-0.39, 0.29) is 6.04 Å². The molecule has 3 N–H and O–H groups in total. The van der Waals surface area contributed by atoms with Gasteiger partial charge in [0.1, 0.15) is 11.4 Å². The molecule has 0 aliphatic rings. The highest BCUT2D eigenvalue weighted by Gasteiger charge is 2.16. The van der Waals surface area contributed by atoms with E-state index in [9.17, 15) is 4.79 Å². The van der Waals surface area contributed by atoms with Crippen LogP contribution in [-0.2, 0) is 4.74 Å². The van der Waals surface area contributed by atoms with Crippen molar-refractivity contribution in [1.82, 2.24) is 20.9 Å². The van der Waals surface area contributed by atoms with E-state index < -0.39 is 11.7 Å². The van der Waals surface area contributed by atoms with Gasteiger partial charge in [0.15, 0.2) is 5.96 Å². The van der Waals surface area contributed by atoms with Crippen molar-refractivity contribution in [3.63, 3.8) is 0 Å². The number of methoxy groups -OCH3 is 1. The van der Waals surface area contributed by atoms with Gasteiger partial charge in [-0.05, 0) is 59.0 Å². The largest absolute Gasteiger partial charge is 0.497 e. The Morgan fingerprint density at radius 3 is 2.24 bits per heavy atom. The van der Waals surface area contributed by atoms with Crippen molar-refractivity contribution < 1.29 is 14.3 Å². The number of alkyl carbamates (subject to hydrolysis) is 1. The first-order valence-electron chi connectivity index (χ1n) is 9.88. The molecule has 8 nitrogen and oxygen atoms in total. The number of aliphatic imine (C=N–C) groups is 1. The maximum Gasteiger partial charge on any atom is 0.407 e.